The van der Waals surface area contributed by atoms with Gasteiger partial charge in [-0.25, -0.2) is 18.0 Å². The molecule has 2 aromatic carbocycles. The molecule has 0 fully saturated rings. The number of hydrogen-bond acceptors (Lipinski definition) is 4. The fourth-order valence-corrected chi connectivity index (χ4v) is 4.59. The van der Waals surface area contributed by atoms with Crippen LogP contribution in [-0.4, -0.2) is 48.0 Å². The Morgan fingerprint density at radius 1 is 0.903 bits per heavy atom. The lowest BCUT2D eigenvalue weighted by atomic mass is 10.2. The zero-order valence-electron chi connectivity index (χ0n) is 17.6. The zero-order valence-corrected chi connectivity index (χ0v) is 19.2. The quantitative estimate of drug-likeness (QED) is 0.505. The predicted octanol–water partition coefficient (Wildman–Crippen LogP) is 5.01. The summed E-state index contributed by atoms with van der Waals surface area (Å²) in [6.07, 6.45) is 3.18. The number of carbonyl (C=O) groups is 2. The molecule has 2 rings (SSSR count). The van der Waals surface area contributed by atoms with Gasteiger partial charge in [-0.05, 0) is 43.2 Å². The van der Waals surface area contributed by atoms with E-state index in [4.69, 9.17) is 16.7 Å². The van der Waals surface area contributed by atoms with Crippen LogP contribution in [0.5, 0.6) is 0 Å². The highest BCUT2D eigenvalue weighted by molar-refractivity contribution is 7.89. The molecule has 0 atom stereocenters. The minimum Gasteiger partial charge on any atom is -0.478 e. The number of rotatable bonds is 10. The molecule has 0 radical (unpaired) electrons. The number of carboxylic acids is 2. The third-order valence-electron chi connectivity index (χ3n) is 4.33. The van der Waals surface area contributed by atoms with Crippen molar-refractivity contribution in [1.29, 1.82) is 0 Å². The van der Waals surface area contributed by atoms with Gasteiger partial charge < -0.3 is 10.2 Å². The third kappa shape index (κ3) is 8.32. The van der Waals surface area contributed by atoms with Crippen LogP contribution in [0, 0.1) is 0 Å². The first kappa shape index (κ1) is 26.6. The number of sulfonamides is 1. The lowest BCUT2D eigenvalue weighted by Gasteiger charge is -2.22. The topological polar surface area (TPSA) is 112 Å². The molecule has 0 aliphatic rings. The smallest absolute Gasteiger partial charge is 0.337 e. The molecule has 0 amide bonds. The van der Waals surface area contributed by atoms with Gasteiger partial charge in [0.2, 0.25) is 10.0 Å². The Balaban J connectivity index is 0.000000442. The summed E-state index contributed by atoms with van der Waals surface area (Å²) in [5.41, 5.74) is 0.0832. The first-order valence-corrected chi connectivity index (χ1v) is 11.8. The van der Waals surface area contributed by atoms with E-state index in [2.05, 4.69) is 0 Å². The summed E-state index contributed by atoms with van der Waals surface area (Å²) < 4.78 is 27.0. The maximum absolute atomic E-state index is 12.8. The van der Waals surface area contributed by atoms with Crippen LogP contribution in [0.4, 0.5) is 0 Å². The van der Waals surface area contributed by atoms with Crippen molar-refractivity contribution in [2.75, 3.05) is 13.1 Å². The zero-order chi connectivity index (χ0) is 23.4. The van der Waals surface area contributed by atoms with Crippen molar-refractivity contribution in [3.05, 3.63) is 64.7 Å². The summed E-state index contributed by atoms with van der Waals surface area (Å²) in [5, 5.41) is 17.8. The van der Waals surface area contributed by atoms with Crippen LogP contribution < -0.4 is 0 Å². The van der Waals surface area contributed by atoms with Crippen molar-refractivity contribution >= 4 is 33.6 Å². The molecule has 0 spiro atoms. The maximum Gasteiger partial charge on any atom is 0.337 e. The van der Waals surface area contributed by atoms with E-state index in [0.717, 1.165) is 25.7 Å². The van der Waals surface area contributed by atoms with Gasteiger partial charge in [-0.3, -0.25) is 0 Å². The van der Waals surface area contributed by atoms with Gasteiger partial charge in [-0.15, -0.1) is 0 Å². The molecule has 9 heteroatoms. The highest BCUT2D eigenvalue weighted by atomic mass is 35.5. The molecule has 0 heterocycles. The van der Waals surface area contributed by atoms with Crippen LogP contribution in [0.2, 0.25) is 5.02 Å². The van der Waals surface area contributed by atoms with Crippen molar-refractivity contribution in [3.63, 3.8) is 0 Å². The van der Waals surface area contributed by atoms with Crippen LogP contribution in [0.1, 0.15) is 60.2 Å². The van der Waals surface area contributed by atoms with Crippen LogP contribution in [0.15, 0.2) is 53.4 Å². The van der Waals surface area contributed by atoms with Crippen LogP contribution >= 0.6 is 11.6 Å². The van der Waals surface area contributed by atoms with Crippen LogP contribution in [0.3, 0.4) is 0 Å². The van der Waals surface area contributed by atoms with Crippen molar-refractivity contribution in [2.24, 2.45) is 0 Å². The SMILES string of the molecule is CCCCN(CCCC)S(=O)(=O)c1cc(Cl)ccc1C(=O)O.O=C(O)c1ccccc1. The molecule has 170 valence electrons. The molecular weight excluding hydrogens is 442 g/mol. The van der Waals surface area contributed by atoms with E-state index in [1.165, 1.54) is 22.5 Å². The van der Waals surface area contributed by atoms with Crippen molar-refractivity contribution < 1.29 is 28.2 Å². The fraction of sp³-hybridized carbons (Fsp3) is 0.364. The Labute approximate surface area is 188 Å². The van der Waals surface area contributed by atoms with E-state index in [1.54, 1.807) is 30.3 Å². The number of halogens is 1. The molecule has 0 bridgehead atoms. The van der Waals surface area contributed by atoms with E-state index >= 15 is 0 Å². The molecular formula is C22H28ClNO6S. The molecule has 0 unspecified atom stereocenters. The number of nitrogens with zero attached hydrogens (tertiary/aromatic N) is 1. The van der Waals surface area contributed by atoms with Gasteiger partial charge in [0.1, 0.15) is 0 Å². The average molecular weight is 470 g/mol. The van der Waals surface area contributed by atoms with Gasteiger partial charge >= 0.3 is 11.9 Å². The van der Waals surface area contributed by atoms with Gasteiger partial charge in [-0.1, -0.05) is 56.5 Å². The van der Waals surface area contributed by atoms with Crippen molar-refractivity contribution in [1.82, 2.24) is 4.31 Å². The van der Waals surface area contributed by atoms with Gasteiger partial charge in [0.15, 0.2) is 0 Å². The van der Waals surface area contributed by atoms with E-state index in [1.807, 2.05) is 13.8 Å². The largest absolute Gasteiger partial charge is 0.478 e. The standard InChI is InChI=1S/C15H22ClNO4S.C7H6O2/c1-3-5-9-17(10-6-4-2)22(20,21)14-11-12(16)7-8-13(14)15(18)19;8-7(9)6-4-2-1-3-5-6/h7-8,11H,3-6,9-10H2,1-2H3,(H,18,19);1-5H,(H,8,9). The van der Waals surface area contributed by atoms with E-state index in [0.29, 0.717) is 18.7 Å². The minimum absolute atomic E-state index is 0.203. The second-order valence-electron chi connectivity index (χ2n) is 6.73. The first-order chi connectivity index (χ1) is 14.6. The molecule has 0 aliphatic heterocycles. The summed E-state index contributed by atoms with van der Waals surface area (Å²) in [6, 6.07) is 12.1. The van der Waals surface area contributed by atoms with Gasteiger partial charge in [0, 0.05) is 18.1 Å². The van der Waals surface area contributed by atoms with E-state index < -0.39 is 22.0 Å². The average Bonchev–Trinajstić information content (AvgIpc) is 2.74. The van der Waals surface area contributed by atoms with Gasteiger partial charge in [0.05, 0.1) is 16.0 Å². The Hall–Kier alpha value is -2.42. The van der Waals surface area contributed by atoms with E-state index in [-0.39, 0.29) is 15.5 Å². The minimum atomic E-state index is -3.88. The molecule has 2 aromatic rings. The normalized spacial score (nSPS) is 11.0. The molecule has 0 saturated heterocycles. The van der Waals surface area contributed by atoms with Crippen molar-refractivity contribution in [2.45, 2.75) is 44.4 Å². The summed E-state index contributed by atoms with van der Waals surface area (Å²) >= 11 is 5.87. The van der Waals surface area contributed by atoms with Gasteiger partial charge in [0.25, 0.3) is 0 Å². The number of benzene rings is 2. The Kier molecular flexibility index (Phi) is 11.2. The lowest BCUT2D eigenvalue weighted by Crippen LogP contribution is -2.34. The lowest BCUT2D eigenvalue weighted by molar-refractivity contribution is 0.0683. The summed E-state index contributed by atoms with van der Waals surface area (Å²) in [4.78, 5) is 21.3. The monoisotopic (exact) mass is 469 g/mol. The summed E-state index contributed by atoms with van der Waals surface area (Å²) in [5.74, 6) is -2.16. The number of carboxylic acid groups (broad SMARTS) is 2. The maximum atomic E-state index is 12.8. The number of aromatic carboxylic acids is 2. The first-order valence-electron chi connectivity index (χ1n) is 9.96. The van der Waals surface area contributed by atoms with E-state index in [9.17, 15) is 23.1 Å². The predicted molar refractivity (Wildman–Crippen MR) is 120 cm³/mol. The number of unbranched alkanes of at least 4 members (excludes halogenated alkanes) is 2. The molecule has 7 nitrogen and oxygen atoms in total. The molecule has 31 heavy (non-hydrogen) atoms. The number of hydrogen-bond donors (Lipinski definition) is 2. The van der Waals surface area contributed by atoms with Crippen LogP contribution in [0.25, 0.3) is 0 Å². The Morgan fingerprint density at radius 2 is 1.45 bits per heavy atom. The molecule has 0 aromatic heterocycles. The highest BCUT2D eigenvalue weighted by Gasteiger charge is 2.28. The fourth-order valence-electron chi connectivity index (χ4n) is 2.63. The molecule has 2 N–H and O–H groups in total. The van der Waals surface area contributed by atoms with Crippen molar-refractivity contribution in [3.8, 4) is 0 Å². The summed E-state index contributed by atoms with van der Waals surface area (Å²) in [6.45, 7) is 4.72. The molecule has 0 saturated carbocycles. The Bertz CT molecular complexity index is 955. The third-order valence-corrected chi connectivity index (χ3v) is 6.51. The van der Waals surface area contributed by atoms with Crippen LogP contribution in [-0.2, 0) is 10.0 Å². The van der Waals surface area contributed by atoms with Gasteiger partial charge in [-0.2, -0.15) is 4.31 Å². The second kappa shape index (κ2) is 13.1. The summed E-state index contributed by atoms with van der Waals surface area (Å²) in [7, 11) is -3.88. The second-order valence-corrected chi connectivity index (χ2v) is 9.07. The Morgan fingerprint density at radius 3 is 1.87 bits per heavy atom. The molecule has 0 aliphatic carbocycles. The highest BCUT2D eigenvalue weighted by Crippen LogP contribution is 2.25.